The number of unbranched alkanes of at least 4 members (excludes halogenated alkanes) is 29. The van der Waals surface area contributed by atoms with Crippen LogP contribution in [0.2, 0.25) is 0 Å². The normalized spacial score (nSPS) is 13.8. The van der Waals surface area contributed by atoms with Crippen molar-refractivity contribution in [2.24, 2.45) is 0 Å². The lowest BCUT2D eigenvalue weighted by atomic mass is 10.0. The van der Waals surface area contributed by atoms with Gasteiger partial charge in [-0.3, -0.25) is 18.6 Å². The van der Waals surface area contributed by atoms with Crippen LogP contribution in [0.3, 0.4) is 0 Å². The summed E-state index contributed by atoms with van der Waals surface area (Å²) in [6.45, 7) is 4.31. The fraction of sp³-hybridized carbons (Fsp3) is 0.758. The lowest BCUT2D eigenvalue weighted by molar-refractivity contribution is -0.870. The van der Waals surface area contributed by atoms with Gasteiger partial charge in [-0.2, -0.15) is 0 Å². The fourth-order valence-corrected chi connectivity index (χ4v) is 9.34. The lowest BCUT2D eigenvalue weighted by Crippen LogP contribution is -2.37. The van der Waals surface area contributed by atoms with E-state index in [4.69, 9.17) is 18.5 Å². The molecule has 0 heterocycles. The highest BCUT2D eigenvalue weighted by Crippen LogP contribution is 2.43. The van der Waals surface area contributed by atoms with Crippen LogP contribution in [0, 0.1) is 0 Å². The highest BCUT2D eigenvalue weighted by Gasteiger charge is 2.27. The third-order valence-electron chi connectivity index (χ3n) is 13.4. The second-order valence-electron chi connectivity index (χ2n) is 22.1. The molecule has 2 unspecified atom stereocenters. The number of nitrogens with zero attached hydrogens (tertiary/aromatic N) is 1. The molecule has 0 saturated carbocycles. The molecule has 0 rings (SSSR count). The van der Waals surface area contributed by atoms with Crippen molar-refractivity contribution in [2.45, 2.75) is 277 Å². The van der Waals surface area contributed by atoms with Crippen molar-refractivity contribution in [3.63, 3.8) is 0 Å². The van der Waals surface area contributed by atoms with Crippen LogP contribution >= 0.6 is 7.82 Å². The Kier molecular flexibility index (Phi) is 54.8. The molecule has 1 N–H and O–H groups in total. The van der Waals surface area contributed by atoms with E-state index >= 15 is 0 Å². The van der Waals surface area contributed by atoms with Gasteiger partial charge in [0, 0.05) is 12.8 Å². The molecule has 0 aromatic rings. The van der Waals surface area contributed by atoms with Crippen LogP contribution in [-0.4, -0.2) is 74.9 Å². The highest BCUT2D eigenvalue weighted by molar-refractivity contribution is 7.47. The maximum absolute atomic E-state index is 12.8. The maximum atomic E-state index is 12.8. The Morgan fingerprint density at radius 3 is 1.12 bits per heavy atom. The average Bonchev–Trinajstić information content (AvgIpc) is 3.38. The molecule has 0 fully saturated rings. The van der Waals surface area contributed by atoms with Gasteiger partial charge < -0.3 is 18.9 Å². The van der Waals surface area contributed by atoms with Gasteiger partial charge in [0.2, 0.25) is 0 Å². The second kappa shape index (κ2) is 56.9. The molecular weight excluding hydrogens is 966 g/mol. The molecule has 0 radical (unpaired) electrons. The van der Waals surface area contributed by atoms with E-state index < -0.39 is 26.5 Å². The number of hydrogen-bond acceptors (Lipinski definition) is 7. The molecule has 76 heavy (non-hydrogen) atoms. The molecule has 9 nitrogen and oxygen atoms in total. The lowest BCUT2D eigenvalue weighted by Gasteiger charge is -2.24. The summed E-state index contributed by atoms with van der Waals surface area (Å²) in [6.07, 6.45) is 76.7. The molecule has 10 heteroatoms. The Morgan fingerprint density at radius 1 is 0.421 bits per heavy atom. The summed E-state index contributed by atoms with van der Waals surface area (Å²) in [4.78, 5) is 35.7. The zero-order valence-corrected chi connectivity index (χ0v) is 50.9. The molecule has 440 valence electrons. The SMILES string of the molecule is CC/C=C\C/C=C\C/C=C\C/C=C\CCCCCCCCC(=O)OC(COC(=O)CCCCCCCCCCCCCCCCCCCC/C=C\C/C=C\C/C=C\CCCCCCC)COP(=O)(O)OCC[N+](C)(C)C. The van der Waals surface area contributed by atoms with Crippen molar-refractivity contribution in [2.75, 3.05) is 47.5 Å². The van der Waals surface area contributed by atoms with E-state index in [1.807, 2.05) is 21.1 Å². The van der Waals surface area contributed by atoms with Crippen molar-refractivity contribution >= 4 is 19.8 Å². The highest BCUT2D eigenvalue weighted by atomic mass is 31.2. The first-order chi connectivity index (χ1) is 37.0. The number of allylic oxidation sites excluding steroid dienone is 14. The minimum absolute atomic E-state index is 0.0259. The van der Waals surface area contributed by atoms with Crippen LogP contribution in [0.15, 0.2) is 85.1 Å². The first-order valence-electron chi connectivity index (χ1n) is 31.3. The van der Waals surface area contributed by atoms with Gasteiger partial charge in [0.05, 0.1) is 27.7 Å². The van der Waals surface area contributed by atoms with Gasteiger partial charge in [-0.1, -0.05) is 253 Å². The van der Waals surface area contributed by atoms with E-state index in [9.17, 15) is 19.0 Å². The van der Waals surface area contributed by atoms with Gasteiger partial charge in [0.15, 0.2) is 6.10 Å². The molecule has 0 aliphatic carbocycles. The molecule has 0 aliphatic heterocycles. The quantitative estimate of drug-likeness (QED) is 0.0211. The largest absolute Gasteiger partial charge is 0.472 e. The molecule has 0 amide bonds. The topological polar surface area (TPSA) is 108 Å². The minimum atomic E-state index is -4.39. The molecule has 0 aliphatic rings. The van der Waals surface area contributed by atoms with Crippen LogP contribution in [-0.2, 0) is 32.7 Å². The van der Waals surface area contributed by atoms with Crippen LogP contribution in [0.4, 0.5) is 0 Å². The number of likely N-dealkylation sites (N-methyl/N-ethyl adjacent to an activating group) is 1. The van der Waals surface area contributed by atoms with Gasteiger partial charge in [-0.25, -0.2) is 4.57 Å². The summed E-state index contributed by atoms with van der Waals surface area (Å²) in [5.41, 5.74) is 0. The summed E-state index contributed by atoms with van der Waals surface area (Å²) in [6, 6.07) is 0. The Morgan fingerprint density at radius 2 is 0.750 bits per heavy atom. The Balaban J connectivity index is 4.06. The second-order valence-corrected chi connectivity index (χ2v) is 23.5. The van der Waals surface area contributed by atoms with Crippen molar-refractivity contribution in [1.29, 1.82) is 0 Å². The van der Waals surface area contributed by atoms with Gasteiger partial charge in [0.1, 0.15) is 19.8 Å². The van der Waals surface area contributed by atoms with E-state index in [1.165, 1.54) is 141 Å². The monoisotopic (exact) mass is 1080 g/mol. The summed E-state index contributed by atoms with van der Waals surface area (Å²) in [5.74, 6) is -0.810. The van der Waals surface area contributed by atoms with Crippen LogP contribution < -0.4 is 0 Å². The van der Waals surface area contributed by atoms with Crippen LogP contribution in [0.1, 0.15) is 271 Å². The smallest absolute Gasteiger partial charge is 0.462 e. The fourth-order valence-electron chi connectivity index (χ4n) is 8.60. The number of carbonyl (C=O) groups is 2. The van der Waals surface area contributed by atoms with Crippen molar-refractivity contribution in [3.05, 3.63) is 85.1 Å². The van der Waals surface area contributed by atoms with E-state index in [1.54, 1.807) is 0 Å². The Hall–Kier alpha value is -2.81. The number of phosphoric ester groups is 1. The molecule has 0 spiro atoms. The van der Waals surface area contributed by atoms with Crippen molar-refractivity contribution in [3.8, 4) is 0 Å². The van der Waals surface area contributed by atoms with Crippen LogP contribution in [0.5, 0.6) is 0 Å². The third-order valence-corrected chi connectivity index (χ3v) is 14.4. The third kappa shape index (κ3) is 60.4. The van der Waals surface area contributed by atoms with Crippen molar-refractivity contribution < 1.29 is 42.1 Å². The molecular formula is C66H119NO8P+. The number of phosphoric acid groups is 1. The zero-order chi connectivity index (χ0) is 55.6. The number of rotatable bonds is 57. The number of carbonyl (C=O) groups excluding carboxylic acids is 2. The van der Waals surface area contributed by atoms with Gasteiger partial charge in [0.25, 0.3) is 0 Å². The number of esters is 2. The summed E-state index contributed by atoms with van der Waals surface area (Å²) >= 11 is 0. The summed E-state index contributed by atoms with van der Waals surface area (Å²) in [7, 11) is 1.46. The first-order valence-corrected chi connectivity index (χ1v) is 32.8. The summed E-state index contributed by atoms with van der Waals surface area (Å²) < 4.78 is 34.6. The van der Waals surface area contributed by atoms with Crippen LogP contribution in [0.25, 0.3) is 0 Å². The van der Waals surface area contributed by atoms with Gasteiger partial charge in [-0.15, -0.1) is 0 Å². The standard InChI is InChI=1S/C66H118NO8P/c1-6-8-10-12-14-16-18-20-22-24-26-27-28-29-30-31-32-33-34-35-36-37-38-39-41-42-44-46-48-50-52-54-56-58-65(68)72-62-64(63-74-76(70,71)73-61-60-67(3,4)5)75-66(69)59-57-55-53-51-49-47-45-43-40-25-23-21-19-17-15-13-11-9-7-2/h9,11,15,17-18,20-21,23-24,26,28-29,40,43,64H,6-8,10,12-14,16,19,22,25,27,30-39,41-42,44-63H2,1-5H3/p+1/b11-9-,17-15-,20-18-,23-21-,26-24-,29-28-,43-40-. The van der Waals surface area contributed by atoms with Gasteiger partial charge >= 0.3 is 19.8 Å². The number of quaternary nitrogens is 1. The zero-order valence-electron chi connectivity index (χ0n) is 50.0. The Bertz CT molecular complexity index is 1560. The van der Waals surface area contributed by atoms with E-state index in [-0.39, 0.29) is 32.0 Å². The predicted molar refractivity (Wildman–Crippen MR) is 325 cm³/mol. The molecule has 2 atom stereocenters. The molecule has 0 saturated heterocycles. The van der Waals surface area contributed by atoms with Crippen molar-refractivity contribution in [1.82, 2.24) is 0 Å². The Labute approximate surface area is 469 Å². The molecule has 0 aromatic carbocycles. The summed E-state index contributed by atoms with van der Waals surface area (Å²) in [5, 5.41) is 0. The number of hydrogen-bond donors (Lipinski definition) is 1. The van der Waals surface area contributed by atoms with E-state index in [2.05, 4.69) is 98.9 Å². The first kappa shape index (κ1) is 73.2. The average molecular weight is 1090 g/mol. The van der Waals surface area contributed by atoms with Gasteiger partial charge in [-0.05, 0) is 89.9 Å². The molecule has 0 bridgehead atoms. The number of ether oxygens (including phenoxy) is 2. The maximum Gasteiger partial charge on any atom is 0.472 e. The molecule has 0 aromatic heterocycles. The minimum Gasteiger partial charge on any atom is -0.462 e. The predicted octanol–water partition coefficient (Wildman–Crippen LogP) is 19.8. The van der Waals surface area contributed by atoms with E-state index in [0.717, 1.165) is 96.3 Å². The van der Waals surface area contributed by atoms with E-state index in [0.29, 0.717) is 17.4 Å².